The van der Waals surface area contributed by atoms with Crippen molar-refractivity contribution in [1.82, 2.24) is 9.29 Å². The number of nitrogens with zero attached hydrogens (tertiary/aromatic N) is 1. The summed E-state index contributed by atoms with van der Waals surface area (Å²) >= 11 is 0. The van der Waals surface area contributed by atoms with Crippen LogP contribution in [0.25, 0.3) is 0 Å². The molecule has 108 valence electrons. The van der Waals surface area contributed by atoms with Crippen molar-refractivity contribution in [3.8, 4) is 0 Å². The molecule has 0 aromatic carbocycles. The predicted octanol–water partition coefficient (Wildman–Crippen LogP) is 1.67. The van der Waals surface area contributed by atoms with Gasteiger partial charge in [0.1, 0.15) is 0 Å². The molecule has 0 spiro atoms. The van der Waals surface area contributed by atoms with Crippen molar-refractivity contribution >= 4 is 10.0 Å². The Bertz CT molecular complexity index is 502. The Morgan fingerprint density at radius 3 is 2.63 bits per heavy atom. The van der Waals surface area contributed by atoms with Crippen molar-refractivity contribution in [2.75, 3.05) is 13.1 Å². The number of hydrogen-bond donors (Lipinski definition) is 2. The van der Waals surface area contributed by atoms with Gasteiger partial charge in [-0.25, -0.2) is 8.42 Å². The van der Waals surface area contributed by atoms with Crippen LogP contribution in [0.5, 0.6) is 0 Å². The van der Waals surface area contributed by atoms with Crippen molar-refractivity contribution < 1.29 is 8.42 Å². The van der Waals surface area contributed by atoms with E-state index in [1.807, 2.05) is 0 Å². The van der Waals surface area contributed by atoms with Crippen LogP contribution in [-0.4, -0.2) is 30.8 Å². The fraction of sp³-hybridized carbons (Fsp3) is 0.692. The Kier molecular flexibility index (Phi) is 4.65. The number of nitrogens with two attached hydrogens (primary N) is 1. The van der Waals surface area contributed by atoms with E-state index in [1.165, 1.54) is 19.0 Å². The third-order valence-electron chi connectivity index (χ3n) is 3.84. The topological polar surface area (TPSA) is 79.2 Å². The van der Waals surface area contributed by atoms with Crippen molar-refractivity contribution in [1.29, 1.82) is 0 Å². The monoisotopic (exact) mass is 285 g/mol. The highest BCUT2D eigenvalue weighted by Gasteiger charge is 2.29. The molecule has 0 bridgehead atoms. The van der Waals surface area contributed by atoms with Gasteiger partial charge in [-0.05, 0) is 24.8 Å². The SMILES string of the molecule is CCCC1CCN(S(=O)(=O)c2c[nH]c(CN)c2)CC1. The highest BCUT2D eigenvalue weighted by atomic mass is 32.2. The van der Waals surface area contributed by atoms with Gasteiger partial charge < -0.3 is 10.7 Å². The van der Waals surface area contributed by atoms with Crippen LogP contribution in [0, 0.1) is 5.92 Å². The molecule has 0 unspecified atom stereocenters. The molecule has 1 saturated heterocycles. The van der Waals surface area contributed by atoms with Crippen molar-refractivity contribution in [2.45, 2.75) is 44.0 Å². The summed E-state index contributed by atoms with van der Waals surface area (Å²) in [6, 6.07) is 1.63. The summed E-state index contributed by atoms with van der Waals surface area (Å²) in [4.78, 5) is 3.23. The maximum absolute atomic E-state index is 12.4. The number of nitrogens with one attached hydrogen (secondary N) is 1. The van der Waals surface area contributed by atoms with E-state index < -0.39 is 10.0 Å². The zero-order valence-electron chi connectivity index (χ0n) is 11.4. The number of aromatic amines is 1. The smallest absolute Gasteiger partial charge is 0.244 e. The highest BCUT2D eigenvalue weighted by Crippen LogP contribution is 2.26. The molecule has 1 aliphatic rings. The molecule has 1 aromatic rings. The zero-order chi connectivity index (χ0) is 13.9. The highest BCUT2D eigenvalue weighted by molar-refractivity contribution is 7.89. The summed E-state index contributed by atoms with van der Waals surface area (Å²) < 4.78 is 26.5. The third-order valence-corrected chi connectivity index (χ3v) is 5.72. The van der Waals surface area contributed by atoms with Gasteiger partial charge in [-0.1, -0.05) is 19.8 Å². The fourth-order valence-corrected chi connectivity index (χ4v) is 4.17. The van der Waals surface area contributed by atoms with Crippen LogP contribution < -0.4 is 5.73 Å². The Balaban J connectivity index is 2.05. The van der Waals surface area contributed by atoms with Crippen LogP contribution in [0.2, 0.25) is 0 Å². The lowest BCUT2D eigenvalue weighted by atomic mass is 9.94. The number of rotatable bonds is 5. The fourth-order valence-electron chi connectivity index (χ4n) is 2.68. The van der Waals surface area contributed by atoms with Crippen LogP contribution in [0.1, 0.15) is 38.3 Å². The van der Waals surface area contributed by atoms with E-state index in [0.717, 1.165) is 18.5 Å². The molecule has 1 aliphatic heterocycles. The molecule has 0 amide bonds. The van der Waals surface area contributed by atoms with E-state index in [1.54, 1.807) is 10.4 Å². The van der Waals surface area contributed by atoms with E-state index >= 15 is 0 Å². The van der Waals surface area contributed by atoms with Gasteiger partial charge in [0.2, 0.25) is 10.0 Å². The Morgan fingerprint density at radius 1 is 1.42 bits per heavy atom. The summed E-state index contributed by atoms with van der Waals surface area (Å²) in [5, 5.41) is 0. The van der Waals surface area contributed by atoms with Crippen molar-refractivity contribution in [2.24, 2.45) is 11.7 Å². The number of hydrogen-bond acceptors (Lipinski definition) is 3. The summed E-state index contributed by atoms with van der Waals surface area (Å²) in [7, 11) is -3.34. The van der Waals surface area contributed by atoms with Crippen molar-refractivity contribution in [3.05, 3.63) is 18.0 Å². The van der Waals surface area contributed by atoms with Crippen LogP contribution in [-0.2, 0) is 16.6 Å². The number of H-pyrrole nitrogens is 1. The van der Waals surface area contributed by atoms with Crippen molar-refractivity contribution in [3.63, 3.8) is 0 Å². The van der Waals surface area contributed by atoms with Gasteiger partial charge in [0.05, 0.1) is 4.90 Å². The molecule has 0 atom stereocenters. The van der Waals surface area contributed by atoms with Crippen LogP contribution in [0.3, 0.4) is 0 Å². The molecular weight excluding hydrogens is 262 g/mol. The molecule has 0 aliphatic carbocycles. The molecule has 0 radical (unpaired) electrons. The molecular formula is C13H23N3O2S. The Hall–Kier alpha value is -0.850. The molecule has 3 N–H and O–H groups in total. The summed E-state index contributed by atoms with van der Waals surface area (Å²) in [5.74, 6) is 0.683. The standard InChI is InChI=1S/C13H23N3O2S/c1-2-3-11-4-6-16(7-5-11)19(17,18)13-8-12(9-14)15-10-13/h8,10-11,15H,2-7,9,14H2,1H3. The van der Waals surface area contributed by atoms with Gasteiger partial charge in [0.15, 0.2) is 0 Å². The van der Waals surface area contributed by atoms with Gasteiger partial charge in [-0.3, -0.25) is 0 Å². The van der Waals surface area contributed by atoms with Crippen LogP contribution in [0.4, 0.5) is 0 Å². The Labute approximate surface area is 115 Å². The average Bonchev–Trinajstić information content (AvgIpc) is 2.89. The van der Waals surface area contributed by atoms with Gasteiger partial charge in [0.25, 0.3) is 0 Å². The first kappa shape index (κ1) is 14.6. The van der Waals surface area contributed by atoms with E-state index in [-0.39, 0.29) is 0 Å². The summed E-state index contributed by atoms with van der Waals surface area (Å²) in [6.45, 7) is 3.78. The molecule has 5 nitrogen and oxygen atoms in total. The maximum Gasteiger partial charge on any atom is 0.244 e. The lowest BCUT2D eigenvalue weighted by Gasteiger charge is -2.30. The summed E-state index contributed by atoms with van der Waals surface area (Å²) in [5.41, 5.74) is 6.25. The largest absolute Gasteiger partial charge is 0.363 e. The predicted molar refractivity (Wildman–Crippen MR) is 75.1 cm³/mol. The lowest BCUT2D eigenvalue weighted by Crippen LogP contribution is -2.38. The number of aromatic nitrogens is 1. The minimum Gasteiger partial charge on any atom is -0.363 e. The van der Waals surface area contributed by atoms with E-state index in [9.17, 15) is 8.42 Å². The molecule has 1 aromatic heterocycles. The second-order valence-electron chi connectivity index (χ2n) is 5.20. The molecule has 0 saturated carbocycles. The van der Waals surface area contributed by atoms with E-state index in [0.29, 0.717) is 30.4 Å². The summed E-state index contributed by atoms with van der Waals surface area (Å²) in [6.07, 6.45) is 5.86. The average molecular weight is 285 g/mol. The van der Waals surface area contributed by atoms with Crippen LogP contribution >= 0.6 is 0 Å². The number of piperidine rings is 1. The van der Waals surface area contributed by atoms with Gasteiger partial charge in [-0.15, -0.1) is 0 Å². The first-order chi connectivity index (χ1) is 9.07. The normalized spacial score (nSPS) is 18.8. The zero-order valence-corrected chi connectivity index (χ0v) is 12.2. The van der Waals surface area contributed by atoms with E-state index in [2.05, 4.69) is 11.9 Å². The molecule has 2 heterocycles. The minimum atomic E-state index is -3.34. The second kappa shape index (κ2) is 6.07. The third kappa shape index (κ3) is 3.19. The molecule has 6 heteroatoms. The molecule has 19 heavy (non-hydrogen) atoms. The lowest BCUT2D eigenvalue weighted by molar-refractivity contribution is 0.262. The van der Waals surface area contributed by atoms with Gasteiger partial charge >= 0.3 is 0 Å². The molecule has 1 fully saturated rings. The quantitative estimate of drug-likeness (QED) is 0.863. The second-order valence-corrected chi connectivity index (χ2v) is 7.14. The maximum atomic E-state index is 12.4. The Morgan fingerprint density at radius 2 is 2.11 bits per heavy atom. The van der Waals surface area contributed by atoms with Gasteiger partial charge in [-0.2, -0.15) is 4.31 Å². The number of sulfonamides is 1. The first-order valence-electron chi connectivity index (χ1n) is 6.95. The van der Waals surface area contributed by atoms with E-state index in [4.69, 9.17) is 5.73 Å². The molecule has 2 rings (SSSR count). The van der Waals surface area contributed by atoms with Gasteiger partial charge in [0, 0.05) is 31.5 Å². The minimum absolute atomic E-state index is 0.327. The van der Waals surface area contributed by atoms with Crippen LogP contribution in [0.15, 0.2) is 17.2 Å². The first-order valence-corrected chi connectivity index (χ1v) is 8.39.